The Morgan fingerprint density at radius 2 is 1.88 bits per heavy atom. The van der Waals surface area contributed by atoms with E-state index in [2.05, 4.69) is 4.98 Å². The average molecular weight is 224 g/mol. The quantitative estimate of drug-likeness (QED) is 0.847. The highest BCUT2D eigenvalue weighted by atomic mass is 19.2. The first-order valence-corrected chi connectivity index (χ1v) is 5.39. The highest BCUT2D eigenvalue weighted by Gasteiger charge is 2.16. The van der Waals surface area contributed by atoms with Crippen molar-refractivity contribution in [2.75, 3.05) is 18.0 Å². The maximum atomic E-state index is 13.6. The summed E-state index contributed by atoms with van der Waals surface area (Å²) in [6, 6.07) is 5.28. The maximum absolute atomic E-state index is 13.6. The molecule has 0 unspecified atom stereocenters. The van der Waals surface area contributed by atoms with Gasteiger partial charge >= 0.3 is 0 Å². The van der Waals surface area contributed by atoms with Crippen molar-refractivity contribution in [1.29, 1.82) is 0 Å². The first-order chi connectivity index (χ1) is 7.69. The second kappa shape index (κ2) is 4.12. The minimum absolute atomic E-state index is 0.337. The van der Waals surface area contributed by atoms with Gasteiger partial charge in [0.25, 0.3) is 0 Å². The number of nitrogens with zero attached hydrogens (tertiary/aromatic N) is 1. The minimum atomic E-state index is -0.894. The summed E-state index contributed by atoms with van der Waals surface area (Å²) in [6.45, 7) is 5.51. The van der Waals surface area contributed by atoms with E-state index in [0.29, 0.717) is 10.9 Å². The van der Waals surface area contributed by atoms with Crippen molar-refractivity contribution in [2.45, 2.75) is 13.8 Å². The van der Waals surface area contributed by atoms with Crippen LogP contribution >= 0.6 is 0 Å². The van der Waals surface area contributed by atoms with Crippen LogP contribution in [0.1, 0.15) is 13.8 Å². The Balaban J connectivity index is 2.69. The molecule has 0 fully saturated rings. The van der Waals surface area contributed by atoms with E-state index in [1.54, 1.807) is 12.1 Å². The number of benzene rings is 1. The summed E-state index contributed by atoms with van der Waals surface area (Å²) in [5, 5.41) is 0.337. The molecule has 1 heterocycles. The Bertz CT molecular complexity index is 501. The molecule has 2 rings (SSSR count). The number of rotatable bonds is 3. The number of aromatic nitrogens is 1. The minimum Gasteiger partial charge on any atom is -0.371 e. The van der Waals surface area contributed by atoms with Crippen molar-refractivity contribution < 1.29 is 8.78 Å². The zero-order valence-corrected chi connectivity index (χ0v) is 9.35. The van der Waals surface area contributed by atoms with Crippen molar-refractivity contribution >= 4 is 16.6 Å². The summed E-state index contributed by atoms with van der Waals surface area (Å²) in [7, 11) is 0. The molecule has 2 nitrogen and oxygen atoms in total. The van der Waals surface area contributed by atoms with Gasteiger partial charge in [-0.25, -0.2) is 4.39 Å². The van der Waals surface area contributed by atoms with Crippen LogP contribution in [0.2, 0.25) is 0 Å². The fourth-order valence-electron chi connectivity index (χ4n) is 1.99. The second-order valence-corrected chi connectivity index (χ2v) is 3.62. The van der Waals surface area contributed by atoms with Gasteiger partial charge in [0.15, 0.2) is 5.82 Å². The van der Waals surface area contributed by atoms with Crippen molar-refractivity contribution in [3.05, 3.63) is 30.0 Å². The van der Waals surface area contributed by atoms with Crippen molar-refractivity contribution in [3.63, 3.8) is 0 Å². The molecule has 0 aliphatic rings. The molecule has 0 saturated carbocycles. The van der Waals surface area contributed by atoms with E-state index in [0.717, 1.165) is 18.8 Å². The molecule has 2 aromatic rings. The fraction of sp³-hybridized carbons (Fsp3) is 0.333. The number of H-pyrrole nitrogens is 1. The van der Waals surface area contributed by atoms with Crippen LogP contribution in [-0.2, 0) is 0 Å². The highest BCUT2D eigenvalue weighted by Crippen LogP contribution is 2.30. The van der Waals surface area contributed by atoms with Gasteiger partial charge in [-0.2, -0.15) is 4.39 Å². The molecule has 1 aromatic heterocycles. The lowest BCUT2D eigenvalue weighted by Crippen LogP contribution is -2.22. The van der Waals surface area contributed by atoms with Crippen molar-refractivity contribution in [3.8, 4) is 0 Å². The summed E-state index contributed by atoms with van der Waals surface area (Å²) >= 11 is 0. The third kappa shape index (κ3) is 1.54. The Morgan fingerprint density at radius 3 is 2.50 bits per heavy atom. The van der Waals surface area contributed by atoms with E-state index in [9.17, 15) is 8.78 Å². The van der Waals surface area contributed by atoms with Gasteiger partial charge in [-0.1, -0.05) is 6.07 Å². The summed E-state index contributed by atoms with van der Waals surface area (Å²) < 4.78 is 26.8. The molecule has 1 aromatic carbocycles. The van der Waals surface area contributed by atoms with Gasteiger partial charge in [0.1, 0.15) is 0 Å². The lowest BCUT2D eigenvalue weighted by molar-refractivity contribution is 0.498. The molecular formula is C12H14F2N2. The van der Waals surface area contributed by atoms with Gasteiger partial charge in [0, 0.05) is 18.8 Å². The highest BCUT2D eigenvalue weighted by molar-refractivity contribution is 5.93. The molecule has 0 radical (unpaired) electrons. The molecule has 0 saturated heterocycles. The normalized spacial score (nSPS) is 11.0. The molecular weight excluding hydrogens is 210 g/mol. The third-order valence-electron chi connectivity index (χ3n) is 2.80. The predicted octanol–water partition coefficient (Wildman–Crippen LogP) is 3.29. The third-order valence-corrected chi connectivity index (χ3v) is 2.80. The molecule has 1 N–H and O–H groups in total. The molecule has 0 aliphatic heterocycles. The molecule has 0 amide bonds. The van der Waals surface area contributed by atoms with E-state index >= 15 is 0 Å². The van der Waals surface area contributed by atoms with Crippen LogP contribution in [0, 0.1) is 11.8 Å². The number of hydrogen-bond donors (Lipinski definition) is 1. The summed E-state index contributed by atoms with van der Waals surface area (Å²) in [5.41, 5.74) is 1.24. The van der Waals surface area contributed by atoms with Crippen LogP contribution < -0.4 is 4.90 Å². The van der Waals surface area contributed by atoms with Crippen LogP contribution in [0.4, 0.5) is 14.5 Å². The van der Waals surface area contributed by atoms with E-state index in [-0.39, 0.29) is 0 Å². The zero-order chi connectivity index (χ0) is 11.7. The number of anilines is 1. The smallest absolute Gasteiger partial charge is 0.228 e. The van der Waals surface area contributed by atoms with E-state index in [1.165, 1.54) is 0 Å². The number of halogens is 2. The first kappa shape index (κ1) is 10.9. The monoisotopic (exact) mass is 224 g/mol. The van der Waals surface area contributed by atoms with Gasteiger partial charge in [-0.3, -0.25) is 0 Å². The van der Waals surface area contributed by atoms with E-state index < -0.39 is 11.8 Å². The van der Waals surface area contributed by atoms with Gasteiger partial charge in [0.05, 0.1) is 10.9 Å². The Kier molecular flexibility index (Phi) is 2.81. The number of fused-ring (bicyclic) bond motifs is 1. The van der Waals surface area contributed by atoms with Gasteiger partial charge in [-0.05, 0) is 26.0 Å². The summed E-state index contributed by atoms with van der Waals surface area (Å²) in [4.78, 5) is 4.40. The Hall–Kier alpha value is -1.58. The van der Waals surface area contributed by atoms with Gasteiger partial charge in [0.2, 0.25) is 5.95 Å². The van der Waals surface area contributed by atoms with Gasteiger partial charge < -0.3 is 9.88 Å². The van der Waals surface area contributed by atoms with Crippen LogP contribution in [0.5, 0.6) is 0 Å². The Labute approximate surface area is 92.9 Å². The van der Waals surface area contributed by atoms with Crippen LogP contribution in [0.3, 0.4) is 0 Å². The van der Waals surface area contributed by atoms with Crippen LogP contribution in [0.15, 0.2) is 18.2 Å². The Morgan fingerprint density at radius 1 is 1.19 bits per heavy atom. The van der Waals surface area contributed by atoms with Crippen molar-refractivity contribution in [2.24, 2.45) is 0 Å². The van der Waals surface area contributed by atoms with Crippen molar-refractivity contribution in [1.82, 2.24) is 4.98 Å². The summed E-state index contributed by atoms with van der Waals surface area (Å²) in [6.07, 6.45) is 0. The maximum Gasteiger partial charge on any atom is 0.228 e. The fourth-order valence-corrected chi connectivity index (χ4v) is 1.99. The average Bonchev–Trinajstić information content (AvgIpc) is 2.57. The zero-order valence-electron chi connectivity index (χ0n) is 9.35. The predicted molar refractivity (Wildman–Crippen MR) is 61.8 cm³/mol. The molecule has 0 spiro atoms. The largest absolute Gasteiger partial charge is 0.371 e. The standard InChI is InChI=1S/C12H14F2N2/c1-3-16(4-2)9-7-5-6-8-10(9)11(13)12(14)15-8/h5-7,15H,3-4H2,1-2H3. The summed E-state index contributed by atoms with van der Waals surface area (Å²) in [5.74, 6) is -1.69. The number of hydrogen-bond acceptors (Lipinski definition) is 1. The topological polar surface area (TPSA) is 19.0 Å². The van der Waals surface area contributed by atoms with Crippen LogP contribution in [0.25, 0.3) is 10.9 Å². The van der Waals surface area contributed by atoms with Crippen LogP contribution in [-0.4, -0.2) is 18.1 Å². The molecule has 4 heteroatoms. The SMILES string of the molecule is CCN(CC)c1cccc2[nH]c(F)c(F)c12. The first-order valence-electron chi connectivity index (χ1n) is 5.39. The molecule has 16 heavy (non-hydrogen) atoms. The second-order valence-electron chi connectivity index (χ2n) is 3.62. The van der Waals surface area contributed by atoms with E-state index in [4.69, 9.17) is 0 Å². The van der Waals surface area contributed by atoms with E-state index in [1.807, 2.05) is 24.8 Å². The number of nitrogens with one attached hydrogen (secondary N) is 1. The lowest BCUT2D eigenvalue weighted by atomic mass is 10.2. The molecule has 0 bridgehead atoms. The van der Waals surface area contributed by atoms with Gasteiger partial charge in [-0.15, -0.1) is 0 Å². The number of aromatic amines is 1. The molecule has 0 atom stereocenters. The molecule has 86 valence electrons. The molecule has 0 aliphatic carbocycles. The lowest BCUT2D eigenvalue weighted by Gasteiger charge is -2.21.